The van der Waals surface area contributed by atoms with E-state index in [0.29, 0.717) is 23.6 Å². The third-order valence-electron chi connectivity index (χ3n) is 4.54. The molecule has 3 rings (SSSR count). The van der Waals surface area contributed by atoms with Crippen LogP contribution in [0.2, 0.25) is 5.02 Å². The third-order valence-corrected chi connectivity index (χ3v) is 4.96. The first-order valence-electron chi connectivity index (χ1n) is 8.77. The zero-order chi connectivity index (χ0) is 19.8. The highest BCUT2D eigenvalue weighted by Gasteiger charge is 2.38. The van der Waals surface area contributed by atoms with E-state index in [1.54, 1.807) is 18.2 Å². The van der Waals surface area contributed by atoms with Gasteiger partial charge in [-0.25, -0.2) is 0 Å². The van der Waals surface area contributed by atoms with Crippen LogP contribution in [0.4, 0.5) is 5.69 Å². The first kappa shape index (κ1) is 19.2. The first-order chi connectivity index (χ1) is 12.7. The molecule has 144 valence electrons. The van der Waals surface area contributed by atoms with Crippen LogP contribution in [0.3, 0.4) is 0 Å². The highest BCUT2D eigenvalue weighted by atomic mass is 35.5. The lowest BCUT2D eigenvalue weighted by Crippen LogP contribution is -2.46. The van der Waals surface area contributed by atoms with E-state index in [4.69, 9.17) is 16.4 Å². The number of rotatable bonds is 3. The fraction of sp³-hybridized carbons (Fsp3) is 0.421. The van der Waals surface area contributed by atoms with Gasteiger partial charge in [0.2, 0.25) is 17.7 Å². The molecule has 2 aliphatic heterocycles. The standard InChI is InChI=1S/C19H23ClN4O3/c1-11-9-12(5-6-13(11)20)24-14(7-8-17(24)25)18(26)21-16-10-15(19(2,3)4)22-23-27-16/h5-6,9-10,14,23H,7-8H2,1-4H3,(H,21,26)/t14-/m0/s1. The van der Waals surface area contributed by atoms with Gasteiger partial charge in [-0.3, -0.25) is 19.8 Å². The summed E-state index contributed by atoms with van der Waals surface area (Å²) < 4.78 is 0. The third kappa shape index (κ3) is 4.08. The van der Waals surface area contributed by atoms with Crippen LogP contribution in [0, 0.1) is 12.3 Å². The highest BCUT2D eigenvalue weighted by Crippen LogP contribution is 2.30. The molecule has 8 heteroatoms. The van der Waals surface area contributed by atoms with Crippen LogP contribution in [0.25, 0.3) is 0 Å². The molecule has 1 atom stereocenters. The number of hydrogen-bond acceptors (Lipinski definition) is 5. The molecule has 0 spiro atoms. The van der Waals surface area contributed by atoms with Gasteiger partial charge >= 0.3 is 0 Å². The molecule has 2 aliphatic rings. The van der Waals surface area contributed by atoms with Gasteiger partial charge in [-0.05, 0) is 37.1 Å². The van der Waals surface area contributed by atoms with Gasteiger partial charge < -0.3 is 4.84 Å². The van der Waals surface area contributed by atoms with Crippen molar-refractivity contribution in [3.05, 3.63) is 40.7 Å². The maximum Gasteiger partial charge on any atom is 0.249 e. The molecule has 0 saturated carbocycles. The summed E-state index contributed by atoms with van der Waals surface area (Å²) >= 11 is 6.08. The van der Waals surface area contributed by atoms with E-state index < -0.39 is 6.04 Å². The Bertz CT molecular complexity index is 842. The normalized spacial score (nSPS) is 19.8. The van der Waals surface area contributed by atoms with Gasteiger partial charge in [0.05, 0.1) is 5.71 Å². The minimum atomic E-state index is -0.612. The van der Waals surface area contributed by atoms with Crippen molar-refractivity contribution >= 4 is 34.8 Å². The Hall–Kier alpha value is -2.54. The van der Waals surface area contributed by atoms with Crippen molar-refractivity contribution < 1.29 is 14.4 Å². The Morgan fingerprint density at radius 1 is 1.41 bits per heavy atom. The number of hydrazone groups is 1. The van der Waals surface area contributed by atoms with Crippen molar-refractivity contribution in [3.8, 4) is 0 Å². The van der Waals surface area contributed by atoms with Crippen molar-refractivity contribution in [1.29, 1.82) is 0 Å². The van der Waals surface area contributed by atoms with Gasteiger partial charge in [0.1, 0.15) is 6.04 Å². The van der Waals surface area contributed by atoms with Crippen molar-refractivity contribution in [2.24, 2.45) is 10.5 Å². The van der Waals surface area contributed by atoms with Gasteiger partial charge in [-0.1, -0.05) is 32.4 Å². The van der Waals surface area contributed by atoms with Crippen LogP contribution >= 0.6 is 11.6 Å². The van der Waals surface area contributed by atoms with Gasteiger partial charge in [-0.2, -0.15) is 0 Å². The Kier molecular flexibility index (Phi) is 5.15. The van der Waals surface area contributed by atoms with E-state index >= 15 is 0 Å². The topological polar surface area (TPSA) is 83.0 Å². The van der Waals surface area contributed by atoms with Crippen LogP contribution in [0.5, 0.6) is 0 Å². The van der Waals surface area contributed by atoms with Crippen LogP contribution in [0.1, 0.15) is 39.2 Å². The molecular weight excluding hydrogens is 368 g/mol. The van der Waals surface area contributed by atoms with Crippen LogP contribution < -0.4 is 15.8 Å². The molecule has 0 bridgehead atoms. The van der Waals surface area contributed by atoms with E-state index in [-0.39, 0.29) is 23.1 Å². The first-order valence-corrected chi connectivity index (χ1v) is 9.15. The van der Waals surface area contributed by atoms with Crippen LogP contribution in [-0.2, 0) is 14.4 Å². The SMILES string of the molecule is Cc1cc(N2C(=O)CC[C@H]2C(=O)NC2=CC(C(C)(C)C)=NNO2)ccc1Cl. The number of nitrogens with one attached hydrogen (secondary N) is 2. The van der Waals surface area contributed by atoms with E-state index in [1.807, 2.05) is 33.8 Å². The van der Waals surface area contributed by atoms with E-state index in [0.717, 1.165) is 11.3 Å². The Balaban J connectivity index is 1.79. The molecule has 0 aromatic heterocycles. The number of allylic oxidation sites excluding steroid dienone is 1. The van der Waals surface area contributed by atoms with E-state index in [2.05, 4.69) is 16.0 Å². The maximum atomic E-state index is 12.8. The molecule has 1 aromatic rings. The average Bonchev–Trinajstić information content (AvgIpc) is 2.98. The predicted octanol–water partition coefficient (Wildman–Crippen LogP) is 3.04. The monoisotopic (exact) mass is 390 g/mol. The van der Waals surface area contributed by atoms with Crippen LogP contribution in [0.15, 0.2) is 35.3 Å². The molecule has 1 saturated heterocycles. The molecule has 7 nitrogen and oxygen atoms in total. The molecule has 27 heavy (non-hydrogen) atoms. The lowest BCUT2D eigenvalue weighted by molar-refractivity contribution is -0.124. The molecule has 0 aliphatic carbocycles. The zero-order valence-corrected chi connectivity index (χ0v) is 16.6. The summed E-state index contributed by atoms with van der Waals surface area (Å²) in [6.07, 6.45) is 2.43. The fourth-order valence-electron chi connectivity index (χ4n) is 2.99. The van der Waals surface area contributed by atoms with E-state index in [9.17, 15) is 9.59 Å². The Morgan fingerprint density at radius 2 is 2.15 bits per heavy atom. The molecule has 0 radical (unpaired) electrons. The molecule has 2 N–H and O–H groups in total. The number of carbonyl (C=O) groups excluding carboxylic acids is 2. The number of carbonyl (C=O) groups is 2. The number of nitrogens with zero attached hydrogens (tertiary/aromatic N) is 2. The van der Waals surface area contributed by atoms with Gasteiger partial charge in [0, 0.05) is 28.6 Å². The second kappa shape index (κ2) is 7.23. The second-order valence-corrected chi connectivity index (χ2v) is 8.10. The van der Waals surface area contributed by atoms with Crippen molar-refractivity contribution in [2.75, 3.05) is 4.90 Å². The molecule has 0 unspecified atom stereocenters. The smallest absolute Gasteiger partial charge is 0.249 e. The summed E-state index contributed by atoms with van der Waals surface area (Å²) in [5.41, 5.74) is 4.51. The predicted molar refractivity (Wildman–Crippen MR) is 104 cm³/mol. The second-order valence-electron chi connectivity index (χ2n) is 7.69. The summed E-state index contributed by atoms with van der Waals surface area (Å²) in [7, 11) is 0. The molecular formula is C19H23ClN4O3. The van der Waals surface area contributed by atoms with Gasteiger partial charge in [-0.15, -0.1) is 10.7 Å². The zero-order valence-electron chi connectivity index (χ0n) is 15.8. The lowest BCUT2D eigenvalue weighted by Gasteiger charge is -2.26. The number of anilines is 1. The number of halogens is 1. The average molecular weight is 391 g/mol. The summed E-state index contributed by atoms with van der Waals surface area (Å²) in [6.45, 7) is 7.89. The van der Waals surface area contributed by atoms with E-state index in [1.165, 1.54) is 4.90 Å². The summed E-state index contributed by atoms with van der Waals surface area (Å²) in [5, 5.41) is 7.45. The quantitative estimate of drug-likeness (QED) is 0.830. The number of aryl methyl sites for hydroxylation is 1. The summed E-state index contributed by atoms with van der Waals surface area (Å²) in [6, 6.07) is 4.68. The molecule has 2 amide bonds. The van der Waals surface area contributed by atoms with Crippen molar-refractivity contribution in [3.63, 3.8) is 0 Å². The molecule has 1 aromatic carbocycles. The minimum Gasteiger partial charge on any atom is -0.347 e. The lowest BCUT2D eigenvalue weighted by atomic mass is 9.90. The van der Waals surface area contributed by atoms with Crippen LogP contribution in [-0.4, -0.2) is 23.6 Å². The van der Waals surface area contributed by atoms with Gasteiger partial charge in [0.15, 0.2) is 0 Å². The number of hydrogen-bond donors (Lipinski definition) is 2. The molecule has 1 fully saturated rings. The van der Waals surface area contributed by atoms with Crippen molar-refractivity contribution in [2.45, 2.75) is 46.6 Å². The van der Waals surface area contributed by atoms with Crippen molar-refractivity contribution in [1.82, 2.24) is 10.9 Å². The number of benzene rings is 1. The summed E-state index contributed by atoms with van der Waals surface area (Å²) in [4.78, 5) is 32.0. The van der Waals surface area contributed by atoms with Gasteiger partial charge in [0.25, 0.3) is 0 Å². The minimum absolute atomic E-state index is 0.0921. The maximum absolute atomic E-state index is 12.8. The Morgan fingerprint density at radius 3 is 2.81 bits per heavy atom. The highest BCUT2D eigenvalue weighted by molar-refractivity contribution is 6.31. The summed E-state index contributed by atoms with van der Waals surface area (Å²) in [5.74, 6) is -0.145. The number of amides is 2. The Labute approximate surface area is 163 Å². The largest absolute Gasteiger partial charge is 0.347 e. The molecule has 2 heterocycles. The fourth-order valence-corrected chi connectivity index (χ4v) is 3.11.